The van der Waals surface area contributed by atoms with Crippen LogP contribution in [0.3, 0.4) is 0 Å². The van der Waals surface area contributed by atoms with Crippen LogP contribution in [0, 0.1) is 0 Å². The normalized spacial score (nSPS) is 23.4. The highest BCUT2D eigenvalue weighted by Gasteiger charge is 2.39. The molecule has 0 unspecified atom stereocenters. The molecule has 0 spiro atoms. The maximum absolute atomic E-state index is 11.4. The molecular weight excluding hydrogens is 252 g/mol. The van der Waals surface area contributed by atoms with Crippen LogP contribution in [0.25, 0.3) is 0 Å². The van der Waals surface area contributed by atoms with Crippen molar-refractivity contribution in [3.05, 3.63) is 0 Å². The number of carboxylic acid groups (broad SMARTS) is 1. The number of nitrogens with one attached hydrogen (secondary N) is 1. The van der Waals surface area contributed by atoms with E-state index in [-0.39, 0.29) is 24.8 Å². The number of rotatable bonds is 5. The number of hydrogen-bond donors (Lipinski definition) is 2. The highest BCUT2D eigenvalue weighted by Crippen LogP contribution is 2.23. The second kappa shape index (κ2) is 6.51. The van der Waals surface area contributed by atoms with Crippen molar-refractivity contribution in [1.29, 1.82) is 0 Å². The Kier molecular flexibility index (Phi) is 5.29. The molecule has 0 aromatic rings. The molecular formula is C12H20N2O5. The van der Waals surface area contributed by atoms with Crippen molar-refractivity contribution in [2.45, 2.75) is 45.4 Å². The van der Waals surface area contributed by atoms with E-state index in [1.54, 1.807) is 4.90 Å². The SMILES string of the molecule is CC(=O)CNC(=O)O[C@@H]1C[C@@H](C(=O)O)N(C(C)C)C1. The molecule has 1 amide bonds. The van der Waals surface area contributed by atoms with Crippen LogP contribution in [-0.2, 0) is 14.3 Å². The molecule has 1 heterocycles. The van der Waals surface area contributed by atoms with E-state index in [0.29, 0.717) is 6.54 Å². The monoisotopic (exact) mass is 272 g/mol. The van der Waals surface area contributed by atoms with Gasteiger partial charge in [-0.3, -0.25) is 14.5 Å². The molecule has 2 N–H and O–H groups in total. The van der Waals surface area contributed by atoms with Crippen LogP contribution >= 0.6 is 0 Å². The van der Waals surface area contributed by atoms with Crippen LogP contribution in [0.1, 0.15) is 27.2 Å². The lowest BCUT2D eigenvalue weighted by Gasteiger charge is -2.24. The van der Waals surface area contributed by atoms with Gasteiger partial charge in [0.1, 0.15) is 17.9 Å². The van der Waals surface area contributed by atoms with E-state index in [0.717, 1.165) is 0 Å². The van der Waals surface area contributed by atoms with Crippen LogP contribution in [0.15, 0.2) is 0 Å². The maximum atomic E-state index is 11.4. The Morgan fingerprint density at radius 3 is 2.47 bits per heavy atom. The first-order valence-electron chi connectivity index (χ1n) is 6.23. The van der Waals surface area contributed by atoms with Crippen LogP contribution in [0.5, 0.6) is 0 Å². The molecule has 1 aliphatic heterocycles. The van der Waals surface area contributed by atoms with Gasteiger partial charge >= 0.3 is 12.1 Å². The number of alkyl carbamates (subject to hydrolysis) is 1. The summed E-state index contributed by atoms with van der Waals surface area (Å²) in [5.74, 6) is -1.08. The standard InChI is InChI=1S/C12H20N2O5/c1-7(2)14-6-9(4-10(14)11(16)17)19-12(18)13-5-8(3)15/h7,9-10H,4-6H2,1-3H3,(H,13,18)(H,16,17)/t9-,10+/m1/s1. The Labute approximate surface area is 111 Å². The maximum Gasteiger partial charge on any atom is 0.407 e. The largest absolute Gasteiger partial charge is 0.480 e. The molecule has 7 nitrogen and oxygen atoms in total. The third kappa shape index (κ3) is 4.51. The third-order valence-electron chi connectivity index (χ3n) is 3.00. The fourth-order valence-electron chi connectivity index (χ4n) is 2.11. The zero-order valence-corrected chi connectivity index (χ0v) is 11.4. The second-order valence-electron chi connectivity index (χ2n) is 4.96. The first-order valence-corrected chi connectivity index (χ1v) is 6.23. The van der Waals surface area contributed by atoms with Crippen LogP contribution in [-0.4, -0.2) is 59.1 Å². The molecule has 7 heteroatoms. The number of Topliss-reactive ketones (excluding diaryl/α,β-unsaturated/α-hetero) is 1. The molecule has 0 saturated carbocycles. The van der Waals surface area contributed by atoms with Crippen molar-refractivity contribution in [2.75, 3.05) is 13.1 Å². The van der Waals surface area contributed by atoms with Gasteiger partial charge in [0.05, 0.1) is 6.54 Å². The van der Waals surface area contributed by atoms with Crippen LogP contribution in [0.2, 0.25) is 0 Å². The van der Waals surface area contributed by atoms with Gasteiger partial charge in [-0.15, -0.1) is 0 Å². The van der Waals surface area contributed by atoms with Gasteiger partial charge in [0.2, 0.25) is 0 Å². The molecule has 1 saturated heterocycles. The fourth-order valence-corrected chi connectivity index (χ4v) is 2.11. The van der Waals surface area contributed by atoms with Gasteiger partial charge in [-0.05, 0) is 20.8 Å². The van der Waals surface area contributed by atoms with Crippen molar-refractivity contribution < 1.29 is 24.2 Å². The predicted octanol–water partition coefficient (Wildman–Crippen LogP) is 0.238. The van der Waals surface area contributed by atoms with Crippen molar-refractivity contribution in [1.82, 2.24) is 10.2 Å². The first kappa shape index (κ1) is 15.4. The molecule has 0 bridgehead atoms. The van der Waals surface area contributed by atoms with E-state index in [2.05, 4.69) is 5.32 Å². The average Bonchev–Trinajstić information content (AvgIpc) is 2.70. The lowest BCUT2D eigenvalue weighted by Crippen LogP contribution is -2.40. The number of aliphatic carboxylic acids is 1. The number of ether oxygens (including phenoxy) is 1. The van der Waals surface area contributed by atoms with Gasteiger partial charge in [-0.2, -0.15) is 0 Å². The van der Waals surface area contributed by atoms with E-state index in [9.17, 15) is 14.4 Å². The van der Waals surface area contributed by atoms with E-state index in [1.807, 2.05) is 13.8 Å². The van der Waals surface area contributed by atoms with Gasteiger partial charge in [-0.25, -0.2) is 4.79 Å². The lowest BCUT2D eigenvalue weighted by atomic mass is 10.2. The topological polar surface area (TPSA) is 95.9 Å². The summed E-state index contributed by atoms with van der Waals surface area (Å²) in [6, 6.07) is -0.569. The third-order valence-corrected chi connectivity index (χ3v) is 3.00. The van der Waals surface area contributed by atoms with Crippen LogP contribution < -0.4 is 5.32 Å². The summed E-state index contributed by atoms with van der Waals surface area (Å²) in [6.07, 6.45) is -0.883. The molecule has 0 aromatic carbocycles. The minimum Gasteiger partial charge on any atom is -0.480 e. The number of carboxylic acids is 1. The van der Waals surface area contributed by atoms with Gasteiger partial charge in [-0.1, -0.05) is 0 Å². The van der Waals surface area contributed by atoms with Gasteiger partial charge in [0.15, 0.2) is 0 Å². The Balaban J connectivity index is 2.51. The van der Waals surface area contributed by atoms with Crippen molar-refractivity contribution in [3.63, 3.8) is 0 Å². The molecule has 1 aliphatic rings. The van der Waals surface area contributed by atoms with Crippen LogP contribution in [0.4, 0.5) is 4.79 Å². The van der Waals surface area contributed by atoms with Gasteiger partial charge < -0.3 is 15.2 Å². The average molecular weight is 272 g/mol. The van der Waals surface area contributed by atoms with E-state index in [1.165, 1.54) is 6.92 Å². The van der Waals surface area contributed by atoms with Crippen molar-refractivity contribution in [3.8, 4) is 0 Å². The fraction of sp³-hybridized carbons (Fsp3) is 0.750. The molecule has 19 heavy (non-hydrogen) atoms. The number of hydrogen-bond acceptors (Lipinski definition) is 5. The van der Waals surface area contributed by atoms with E-state index in [4.69, 9.17) is 9.84 Å². The summed E-state index contributed by atoms with van der Waals surface area (Å²) in [7, 11) is 0. The summed E-state index contributed by atoms with van der Waals surface area (Å²) >= 11 is 0. The second-order valence-corrected chi connectivity index (χ2v) is 4.96. The molecule has 1 fully saturated rings. The molecule has 108 valence electrons. The van der Waals surface area contributed by atoms with Crippen molar-refractivity contribution in [2.24, 2.45) is 0 Å². The molecule has 0 radical (unpaired) electrons. The molecule has 0 aromatic heterocycles. The van der Waals surface area contributed by atoms with Gasteiger partial charge in [0.25, 0.3) is 0 Å². The number of carbonyl (C=O) groups is 3. The van der Waals surface area contributed by atoms with Crippen molar-refractivity contribution >= 4 is 17.8 Å². The quantitative estimate of drug-likeness (QED) is 0.744. The van der Waals surface area contributed by atoms with E-state index >= 15 is 0 Å². The number of likely N-dealkylation sites (tertiary alicyclic amines) is 1. The summed E-state index contributed by atoms with van der Waals surface area (Å²) in [5.41, 5.74) is 0. The molecule has 0 aliphatic carbocycles. The van der Waals surface area contributed by atoms with Gasteiger partial charge in [0, 0.05) is 19.0 Å². The lowest BCUT2D eigenvalue weighted by molar-refractivity contribution is -0.142. The minimum absolute atomic E-state index is 0.0648. The smallest absolute Gasteiger partial charge is 0.407 e. The summed E-state index contributed by atoms with van der Waals surface area (Å²) in [4.78, 5) is 35.0. The zero-order valence-electron chi connectivity index (χ0n) is 11.4. The summed E-state index contributed by atoms with van der Waals surface area (Å²) in [5, 5.41) is 11.4. The minimum atomic E-state index is -0.913. The predicted molar refractivity (Wildman–Crippen MR) is 66.8 cm³/mol. The number of carbonyl (C=O) groups excluding carboxylic acids is 2. The highest BCUT2D eigenvalue weighted by molar-refractivity contribution is 5.81. The summed E-state index contributed by atoms with van der Waals surface area (Å²) < 4.78 is 5.12. The number of ketones is 1. The number of nitrogens with zero attached hydrogens (tertiary/aromatic N) is 1. The van der Waals surface area contributed by atoms with E-state index < -0.39 is 24.2 Å². The molecule has 2 atom stereocenters. The Morgan fingerprint density at radius 2 is 2.05 bits per heavy atom. The molecule has 1 rings (SSSR count). The summed E-state index contributed by atoms with van der Waals surface area (Å²) in [6.45, 7) is 5.46. The Morgan fingerprint density at radius 1 is 1.42 bits per heavy atom. The highest BCUT2D eigenvalue weighted by atomic mass is 16.6. The Bertz CT molecular complexity index is 369. The first-order chi connectivity index (χ1) is 8.81. The number of amides is 1. The zero-order chi connectivity index (χ0) is 14.6. The Hall–Kier alpha value is -1.63.